The summed E-state index contributed by atoms with van der Waals surface area (Å²) in [4.78, 5) is 21.2. The molecule has 1 aromatic heterocycles. The molecule has 0 radical (unpaired) electrons. The number of aliphatic imine (C=N–C) groups is 1. The lowest BCUT2D eigenvalue weighted by atomic mass is 10.2. The van der Waals surface area contributed by atoms with Crippen LogP contribution >= 0.6 is 11.3 Å². The molecule has 1 aromatic carbocycles. The van der Waals surface area contributed by atoms with E-state index >= 15 is 0 Å². The normalized spacial score (nSPS) is 11.2. The van der Waals surface area contributed by atoms with E-state index in [9.17, 15) is 4.79 Å². The molecular weight excluding hydrogens is 350 g/mol. The molecule has 0 aliphatic rings. The van der Waals surface area contributed by atoms with E-state index in [1.165, 1.54) is 12.0 Å². The standard InChI is InChI=1S/C18H25N5O2S/c1-12-13(2)26-16(22-12)9-10-20-17(19-3)21-11-14-5-7-15(8-6-14)23-18(24)25-4/h5-8H,9-11H2,1-4H3,(H,23,24)(H2,19,20,21). The minimum atomic E-state index is -0.480. The van der Waals surface area contributed by atoms with Crippen molar-refractivity contribution in [1.29, 1.82) is 0 Å². The summed E-state index contributed by atoms with van der Waals surface area (Å²) in [6, 6.07) is 7.54. The maximum atomic E-state index is 11.2. The minimum absolute atomic E-state index is 0.480. The minimum Gasteiger partial charge on any atom is -0.453 e. The summed E-state index contributed by atoms with van der Waals surface area (Å²) in [7, 11) is 3.08. The molecule has 0 saturated carbocycles. The van der Waals surface area contributed by atoms with Crippen LogP contribution in [0.15, 0.2) is 29.3 Å². The quantitative estimate of drug-likeness (QED) is 0.534. The number of ether oxygens (including phenoxy) is 1. The summed E-state index contributed by atoms with van der Waals surface area (Å²) in [5, 5.41) is 10.3. The number of hydrogen-bond donors (Lipinski definition) is 3. The SMILES string of the molecule is CN=C(NCCc1nc(C)c(C)s1)NCc1ccc(NC(=O)OC)cc1. The van der Waals surface area contributed by atoms with Crippen molar-refractivity contribution in [3.63, 3.8) is 0 Å². The Morgan fingerprint density at radius 3 is 2.54 bits per heavy atom. The van der Waals surface area contributed by atoms with Crippen LogP contribution in [-0.4, -0.2) is 37.7 Å². The molecule has 1 amide bonds. The summed E-state index contributed by atoms with van der Waals surface area (Å²) in [6.45, 7) is 5.54. The summed E-state index contributed by atoms with van der Waals surface area (Å²) < 4.78 is 4.57. The van der Waals surface area contributed by atoms with Crippen molar-refractivity contribution in [2.75, 3.05) is 26.0 Å². The van der Waals surface area contributed by atoms with Crippen molar-refractivity contribution in [1.82, 2.24) is 15.6 Å². The Balaban J connectivity index is 1.76. The number of benzene rings is 1. The van der Waals surface area contributed by atoms with Gasteiger partial charge in [-0.25, -0.2) is 9.78 Å². The molecule has 140 valence electrons. The number of methoxy groups -OCH3 is 1. The Morgan fingerprint density at radius 2 is 1.96 bits per heavy atom. The van der Waals surface area contributed by atoms with Crippen LogP contribution in [0.3, 0.4) is 0 Å². The van der Waals surface area contributed by atoms with Crippen molar-refractivity contribution < 1.29 is 9.53 Å². The molecule has 2 aromatic rings. The van der Waals surface area contributed by atoms with Crippen LogP contribution in [0.1, 0.15) is 21.1 Å². The maximum Gasteiger partial charge on any atom is 0.411 e. The van der Waals surface area contributed by atoms with Gasteiger partial charge in [-0.2, -0.15) is 0 Å². The number of aromatic nitrogens is 1. The zero-order valence-electron chi connectivity index (χ0n) is 15.5. The van der Waals surface area contributed by atoms with Crippen LogP contribution in [0.5, 0.6) is 0 Å². The van der Waals surface area contributed by atoms with E-state index < -0.39 is 6.09 Å². The first-order valence-corrected chi connectivity index (χ1v) is 9.14. The number of carbonyl (C=O) groups is 1. The Kier molecular flexibility index (Phi) is 7.40. The van der Waals surface area contributed by atoms with E-state index in [1.807, 2.05) is 31.2 Å². The smallest absolute Gasteiger partial charge is 0.411 e. The second-order valence-corrected chi connectivity index (χ2v) is 6.95. The number of anilines is 1. The van der Waals surface area contributed by atoms with E-state index in [2.05, 4.69) is 37.6 Å². The van der Waals surface area contributed by atoms with E-state index in [1.54, 1.807) is 18.4 Å². The molecule has 2 rings (SSSR count). The maximum absolute atomic E-state index is 11.2. The zero-order valence-corrected chi connectivity index (χ0v) is 16.4. The lowest BCUT2D eigenvalue weighted by molar-refractivity contribution is 0.187. The second-order valence-electron chi connectivity index (χ2n) is 5.67. The van der Waals surface area contributed by atoms with Crippen molar-refractivity contribution in [2.24, 2.45) is 4.99 Å². The molecule has 3 N–H and O–H groups in total. The number of nitrogens with zero attached hydrogens (tertiary/aromatic N) is 2. The molecule has 26 heavy (non-hydrogen) atoms. The topological polar surface area (TPSA) is 87.6 Å². The van der Waals surface area contributed by atoms with Gasteiger partial charge in [-0.15, -0.1) is 11.3 Å². The number of carbonyl (C=O) groups excluding carboxylic acids is 1. The van der Waals surface area contributed by atoms with Gasteiger partial charge in [0.15, 0.2) is 5.96 Å². The van der Waals surface area contributed by atoms with E-state index in [4.69, 9.17) is 0 Å². The third-order valence-corrected chi connectivity index (χ3v) is 4.91. The second kappa shape index (κ2) is 9.76. The number of guanidine groups is 1. The van der Waals surface area contributed by atoms with Crippen LogP contribution in [0, 0.1) is 13.8 Å². The molecule has 0 fully saturated rings. The predicted molar refractivity (Wildman–Crippen MR) is 106 cm³/mol. The van der Waals surface area contributed by atoms with Gasteiger partial charge in [-0.3, -0.25) is 10.3 Å². The Bertz CT molecular complexity index is 736. The highest BCUT2D eigenvalue weighted by Crippen LogP contribution is 2.16. The average Bonchev–Trinajstić information content (AvgIpc) is 2.96. The number of thiazole rings is 1. The number of rotatable bonds is 6. The fourth-order valence-electron chi connectivity index (χ4n) is 2.22. The summed E-state index contributed by atoms with van der Waals surface area (Å²) in [5.41, 5.74) is 2.88. The Labute approximate surface area is 157 Å². The van der Waals surface area contributed by atoms with Crippen LogP contribution in [0.2, 0.25) is 0 Å². The monoisotopic (exact) mass is 375 g/mol. The van der Waals surface area contributed by atoms with Crippen LogP contribution in [0.25, 0.3) is 0 Å². The number of hydrogen-bond acceptors (Lipinski definition) is 5. The lowest BCUT2D eigenvalue weighted by Gasteiger charge is -2.12. The van der Waals surface area contributed by atoms with Gasteiger partial charge in [-0.05, 0) is 31.5 Å². The highest BCUT2D eigenvalue weighted by atomic mass is 32.1. The number of amides is 1. The van der Waals surface area contributed by atoms with Crippen LogP contribution in [0.4, 0.5) is 10.5 Å². The molecule has 0 unspecified atom stereocenters. The Hall–Kier alpha value is -2.61. The molecule has 0 aliphatic heterocycles. The van der Waals surface area contributed by atoms with Gasteiger partial charge >= 0.3 is 6.09 Å². The summed E-state index contributed by atoms with van der Waals surface area (Å²) in [6.07, 6.45) is 0.389. The first-order chi connectivity index (χ1) is 12.5. The fraction of sp³-hybridized carbons (Fsp3) is 0.389. The fourth-order valence-corrected chi connectivity index (χ4v) is 3.15. The van der Waals surface area contributed by atoms with E-state index in [-0.39, 0.29) is 0 Å². The van der Waals surface area contributed by atoms with E-state index in [0.717, 1.165) is 35.2 Å². The largest absolute Gasteiger partial charge is 0.453 e. The van der Waals surface area contributed by atoms with Gasteiger partial charge in [0.25, 0.3) is 0 Å². The van der Waals surface area contributed by atoms with Crippen molar-refractivity contribution in [2.45, 2.75) is 26.8 Å². The average molecular weight is 375 g/mol. The van der Waals surface area contributed by atoms with Crippen LogP contribution < -0.4 is 16.0 Å². The molecule has 0 bridgehead atoms. The van der Waals surface area contributed by atoms with Gasteiger partial charge in [-0.1, -0.05) is 12.1 Å². The van der Waals surface area contributed by atoms with E-state index in [0.29, 0.717) is 12.2 Å². The molecule has 0 saturated heterocycles. The third kappa shape index (κ3) is 6.03. The summed E-state index contributed by atoms with van der Waals surface area (Å²) >= 11 is 1.74. The van der Waals surface area contributed by atoms with Gasteiger partial charge in [0, 0.05) is 37.1 Å². The highest BCUT2D eigenvalue weighted by Gasteiger charge is 2.05. The zero-order chi connectivity index (χ0) is 18.9. The van der Waals surface area contributed by atoms with Crippen LogP contribution in [-0.2, 0) is 17.7 Å². The van der Waals surface area contributed by atoms with Crippen molar-refractivity contribution in [3.05, 3.63) is 45.4 Å². The van der Waals surface area contributed by atoms with Gasteiger partial charge in [0.05, 0.1) is 17.8 Å². The first-order valence-electron chi connectivity index (χ1n) is 8.33. The Morgan fingerprint density at radius 1 is 1.23 bits per heavy atom. The van der Waals surface area contributed by atoms with Gasteiger partial charge in [0.2, 0.25) is 0 Å². The number of aryl methyl sites for hydroxylation is 2. The lowest BCUT2D eigenvalue weighted by Crippen LogP contribution is -2.37. The van der Waals surface area contributed by atoms with Gasteiger partial charge in [0.1, 0.15) is 0 Å². The molecule has 0 aliphatic carbocycles. The van der Waals surface area contributed by atoms with Gasteiger partial charge < -0.3 is 15.4 Å². The molecule has 8 heteroatoms. The molecule has 0 atom stereocenters. The predicted octanol–water partition coefficient (Wildman–Crippen LogP) is 2.85. The van der Waals surface area contributed by atoms with Crippen molar-refractivity contribution >= 4 is 29.1 Å². The molecular formula is C18H25N5O2S. The molecule has 1 heterocycles. The summed E-state index contributed by atoms with van der Waals surface area (Å²) in [5.74, 6) is 0.742. The highest BCUT2D eigenvalue weighted by molar-refractivity contribution is 7.11. The third-order valence-electron chi connectivity index (χ3n) is 3.77. The number of nitrogens with one attached hydrogen (secondary N) is 3. The van der Waals surface area contributed by atoms with Crippen molar-refractivity contribution in [3.8, 4) is 0 Å². The first kappa shape index (κ1) is 19.7. The molecule has 0 spiro atoms. The molecule has 7 nitrogen and oxygen atoms in total.